The van der Waals surface area contributed by atoms with Gasteiger partial charge in [0.15, 0.2) is 11.5 Å². The molecule has 0 radical (unpaired) electrons. The summed E-state index contributed by atoms with van der Waals surface area (Å²) in [6.07, 6.45) is -3.53. The van der Waals surface area contributed by atoms with E-state index >= 15 is 0 Å². The molecule has 1 aromatic carbocycles. The molecule has 1 aliphatic rings. The van der Waals surface area contributed by atoms with Gasteiger partial charge in [0, 0.05) is 32.2 Å². The number of rotatable bonds is 8. The number of hydrogen-bond acceptors (Lipinski definition) is 6. The van der Waals surface area contributed by atoms with E-state index in [1.165, 1.54) is 5.56 Å². The Labute approximate surface area is 231 Å². The number of amides is 3. The summed E-state index contributed by atoms with van der Waals surface area (Å²) >= 11 is 0. The highest BCUT2D eigenvalue weighted by atomic mass is 19.4. The van der Waals surface area contributed by atoms with Crippen molar-refractivity contribution in [1.82, 2.24) is 25.7 Å². The van der Waals surface area contributed by atoms with Gasteiger partial charge in [-0.25, -0.2) is 9.59 Å². The molecule has 0 spiro atoms. The normalized spacial score (nSPS) is 15.3. The first-order chi connectivity index (χ1) is 18.8. The Balaban J connectivity index is 0.000000708. The van der Waals surface area contributed by atoms with Crippen LogP contribution in [0.3, 0.4) is 0 Å². The Morgan fingerprint density at radius 3 is 2.33 bits per heavy atom. The number of halogens is 3. The summed E-state index contributed by atoms with van der Waals surface area (Å²) in [7, 11) is 0. The van der Waals surface area contributed by atoms with E-state index in [1.54, 1.807) is 6.07 Å². The van der Waals surface area contributed by atoms with Crippen molar-refractivity contribution >= 4 is 23.7 Å². The van der Waals surface area contributed by atoms with Gasteiger partial charge in [-0.3, -0.25) is 10.1 Å². The molecule has 1 aromatic heterocycles. The van der Waals surface area contributed by atoms with E-state index in [0.717, 1.165) is 18.5 Å². The molecule has 1 atom stereocenters. The highest BCUT2D eigenvalue weighted by Crippen LogP contribution is 2.19. The Morgan fingerprint density at radius 1 is 1.10 bits per heavy atom. The van der Waals surface area contributed by atoms with Crippen LogP contribution in [0.4, 0.5) is 23.8 Å². The van der Waals surface area contributed by atoms with Gasteiger partial charge >= 0.3 is 18.2 Å². The molecule has 10 nitrogen and oxygen atoms in total. The molecular weight excluding hydrogens is 529 g/mol. The van der Waals surface area contributed by atoms with Crippen LogP contribution in [-0.2, 0) is 17.6 Å². The molecule has 0 unspecified atom stereocenters. The number of carboxylic acid groups (broad SMARTS) is 1. The fraction of sp³-hybridized carbons (Fsp3) is 0.519. The Morgan fingerprint density at radius 2 is 1.75 bits per heavy atom. The van der Waals surface area contributed by atoms with Crippen molar-refractivity contribution in [2.75, 3.05) is 31.5 Å². The number of nitrogens with one attached hydrogen (secondary N) is 3. The van der Waals surface area contributed by atoms with Gasteiger partial charge in [-0.05, 0) is 41.9 Å². The van der Waals surface area contributed by atoms with Crippen molar-refractivity contribution < 1.29 is 32.7 Å². The molecule has 0 saturated carbocycles. The van der Waals surface area contributed by atoms with Gasteiger partial charge in [0.1, 0.15) is 0 Å². The number of carboxylic acids is 1. The van der Waals surface area contributed by atoms with Crippen molar-refractivity contribution in [2.45, 2.75) is 52.8 Å². The van der Waals surface area contributed by atoms with Crippen molar-refractivity contribution in [1.29, 1.82) is 0 Å². The molecule has 0 bridgehead atoms. The number of anilines is 1. The van der Waals surface area contributed by atoms with Gasteiger partial charge in [0.25, 0.3) is 5.91 Å². The van der Waals surface area contributed by atoms with E-state index < -0.39 is 12.1 Å². The number of carbonyl (C=O) groups excluding carboxylic acids is 2. The predicted octanol–water partition coefficient (Wildman–Crippen LogP) is 3.74. The molecule has 3 amide bonds. The fourth-order valence-corrected chi connectivity index (χ4v) is 3.89. The number of aliphatic carboxylic acids is 1. The predicted molar refractivity (Wildman–Crippen MR) is 144 cm³/mol. The molecule has 1 aliphatic heterocycles. The van der Waals surface area contributed by atoms with Crippen molar-refractivity contribution in [3.63, 3.8) is 0 Å². The highest BCUT2D eigenvalue weighted by Gasteiger charge is 2.38. The summed E-state index contributed by atoms with van der Waals surface area (Å²) in [5, 5.41) is 24.6. The highest BCUT2D eigenvalue weighted by molar-refractivity contribution is 5.93. The van der Waals surface area contributed by atoms with Gasteiger partial charge in [0.2, 0.25) is 0 Å². The molecule has 4 N–H and O–H groups in total. The number of carbonyl (C=O) groups is 3. The topological polar surface area (TPSA) is 137 Å². The third kappa shape index (κ3) is 11.2. The maximum Gasteiger partial charge on any atom is 0.490 e. The number of alkyl halides is 3. The Hall–Kier alpha value is -3.74. The van der Waals surface area contributed by atoms with Gasteiger partial charge in [-0.15, -0.1) is 10.2 Å². The number of piperazine rings is 1. The van der Waals surface area contributed by atoms with Crippen LogP contribution in [0.15, 0.2) is 36.4 Å². The molecule has 3 rings (SSSR count). The SMILES string of the molecule is CC(C)CNC(=O)Nc1nnc(C(=O)N2CCN[C@@H](Cc3ccccc3)C2)cc1CC(C)C.O=C(O)C(F)(F)F. The van der Waals surface area contributed by atoms with E-state index in [0.29, 0.717) is 49.4 Å². The van der Waals surface area contributed by atoms with E-state index in [4.69, 9.17) is 9.90 Å². The third-order valence-electron chi connectivity index (χ3n) is 5.73. The number of hydrogen-bond donors (Lipinski definition) is 4. The first kappa shape index (κ1) is 32.5. The van der Waals surface area contributed by atoms with Crippen LogP contribution in [-0.4, -0.2) is 76.5 Å². The van der Waals surface area contributed by atoms with Crippen LogP contribution in [0.25, 0.3) is 0 Å². The second kappa shape index (κ2) is 15.2. The van der Waals surface area contributed by atoms with E-state index in [-0.39, 0.29) is 18.0 Å². The summed E-state index contributed by atoms with van der Waals surface area (Å²) in [4.78, 5) is 36.2. The zero-order chi connectivity index (χ0) is 29.9. The average molecular weight is 567 g/mol. The lowest BCUT2D eigenvalue weighted by molar-refractivity contribution is -0.192. The maximum atomic E-state index is 13.2. The molecular formula is C27H37F3N6O4. The van der Waals surface area contributed by atoms with Crippen molar-refractivity contribution in [3.8, 4) is 0 Å². The molecule has 40 heavy (non-hydrogen) atoms. The van der Waals surface area contributed by atoms with Crippen molar-refractivity contribution in [2.24, 2.45) is 11.8 Å². The summed E-state index contributed by atoms with van der Waals surface area (Å²) in [5.74, 6) is -1.79. The zero-order valence-electron chi connectivity index (χ0n) is 23.1. The lowest BCUT2D eigenvalue weighted by Crippen LogP contribution is -2.53. The largest absolute Gasteiger partial charge is 0.490 e. The van der Waals surface area contributed by atoms with Crippen LogP contribution in [0, 0.1) is 11.8 Å². The van der Waals surface area contributed by atoms with Gasteiger partial charge in [-0.2, -0.15) is 13.2 Å². The van der Waals surface area contributed by atoms with E-state index in [2.05, 4.69) is 52.1 Å². The summed E-state index contributed by atoms with van der Waals surface area (Å²) in [5.41, 5.74) is 2.38. The quantitative estimate of drug-likeness (QED) is 0.382. The number of urea groups is 1. The molecule has 0 aliphatic carbocycles. The first-order valence-corrected chi connectivity index (χ1v) is 13.0. The van der Waals surface area contributed by atoms with Crippen LogP contribution < -0.4 is 16.0 Å². The standard InChI is InChI=1S/C25H36N6O2.C2HF3O2/c1-17(2)12-20-14-22(29-30-23(20)28-25(33)27-15-18(3)4)24(32)31-11-10-26-21(16-31)13-19-8-6-5-7-9-19;3-2(4,5)1(6)7/h5-9,14,17-18,21,26H,10-13,15-16H2,1-4H3,(H2,27,28,30,33);(H,6,7)/t21-;/m0./s1. The minimum Gasteiger partial charge on any atom is -0.475 e. The minimum absolute atomic E-state index is 0.122. The number of aromatic nitrogens is 2. The average Bonchev–Trinajstić information content (AvgIpc) is 2.88. The second-order valence-corrected chi connectivity index (χ2v) is 10.3. The molecule has 220 valence electrons. The maximum absolute atomic E-state index is 13.2. The number of nitrogens with zero attached hydrogens (tertiary/aromatic N) is 3. The van der Waals surface area contributed by atoms with Gasteiger partial charge in [0.05, 0.1) is 0 Å². The smallest absolute Gasteiger partial charge is 0.475 e. The second-order valence-electron chi connectivity index (χ2n) is 10.3. The molecule has 1 saturated heterocycles. The molecule has 2 heterocycles. The minimum atomic E-state index is -5.08. The fourth-order valence-electron chi connectivity index (χ4n) is 3.89. The lowest BCUT2D eigenvalue weighted by Gasteiger charge is -2.33. The summed E-state index contributed by atoms with van der Waals surface area (Å²) < 4.78 is 31.7. The molecule has 1 fully saturated rings. The van der Waals surface area contributed by atoms with Crippen LogP contribution >= 0.6 is 0 Å². The van der Waals surface area contributed by atoms with E-state index in [9.17, 15) is 22.8 Å². The van der Waals surface area contributed by atoms with Gasteiger partial charge in [-0.1, -0.05) is 58.0 Å². The molecule has 13 heteroatoms. The van der Waals surface area contributed by atoms with Crippen molar-refractivity contribution in [3.05, 3.63) is 53.2 Å². The molecule has 2 aromatic rings. The monoisotopic (exact) mass is 566 g/mol. The van der Waals surface area contributed by atoms with Gasteiger partial charge < -0.3 is 20.6 Å². The first-order valence-electron chi connectivity index (χ1n) is 13.0. The third-order valence-corrected chi connectivity index (χ3v) is 5.73. The summed E-state index contributed by atoms with van der Waals surface area (Å²) in [6.45, 7) is 10.8. The summed E-state index contributed by atoms with van der Waals surface area (Å²) in [6, 6.07) is 11.9. The Bertz CT molecular complexity index is 1130. The van der Waals surface area contributed by atoms with E-state index in [1.807, 2.05) is 36.9 Å². The van der Waals surface area contributed by atoms with Crippen LogP contribution in [0.5, 0.6) is 0 Å². The Kier molecular flexibility index (Phi) is 12.3. The lowest BCUT2D eigenvalue weighted by atomic mass is 10.0. The van der Waals surface area contributed by atoms with Crippen LogP contribution in [0.2, 0.25) is 0 Å². The zero-order valence-corrected chi connectivity index (χ0v) is 23.1. The van der Waals surface area contributed by atoms with Crippen LogP contribution in [0.1, 0.15) is 49.3 Å². The number of benzene rings is 1.